The fraction of sp³-hybridized carbons (Fsp3) is 0.963. The van der Waals surface area contributed by atoms with Crippen LogP contribution in [-0.2, 0) is 4.79 Å². The van der Waals surface area contributed by atoms with Crippen LogP contribution in [0.2, 0.25) is 0 Å². The molecule has 0 heterocycles. The van der Waals surface area contributed by atoms with E-state index >= 15 is 0 Å². The van der Waals surface area contributed by atoms with Crippen LogP contribution in [0.5, 0.6) is 0 Å². The maximum Gasteiger partial charge on any atom is 0.140 e. The van der Waals surface area contributed by atoms with Crippen molar-refractivity contribution in [1.29, 1.82) is 0 Å². The van der Waals surface area contributed by atoms with Gasteiger partial charge in [0, 0.05) is 11.8 Å². The van der Waals surface area contributed by atoms with Crippen molar-refractivity contribution >= 4 is 5.78 Å². The first-order valence-electron chi connectivity index (χ1n) is 12.8. The molecule has 0 aromatic rings. The first-order valence-corrected chi connectivity index (χ1v) is 12.8. The van der Waals surface area contributed by atoms with Gasteiger partial charge in [-0.05, 0) is 97.2 Å². The number of carbonyl (C=O) groups is 1. The van der Waals surface area contributed by atoms with Gasteiger partial charge in [0.05, 0.1) is 0 Å². The van der Waals surface area contributed by atoms with Crippen LogP contribution in [-0.4, -0.2) is 5.78 Å². The maximum absolute atomic E-state index is 13.4. The quantitative estimate of drug-likeness (QED) is 0.486. The lowest BCUT2D eigenvalue weighted by molar-refractivity contribution is -0.151. The second-order valence-corrected chi connectivity index (χ2v) is 12.9. The van der Waals surface area contributed by atoms with E-state index in [1.54, 1.807) is 0 Å². The van der Waals surface area contributed by atoms with Crippen molar-refractivity contribution in [1.82, 2.24) is 0 Å². The van der Waals surface area contributed by atoms with Crippen molar-refractivity contribution in [3.05, 3.63) is 0 Å². The highest BCUT2D eigenvalue weighted by Crippen LogP contribution is 2.80. The normalized spacial score (nSPS) is 52.8. The van der Waals surface area contributed by atoms with Crippen LogP contribution in [0.3, 0.4) is 0 Å². The molecule has 5 rings (SSSR count). The van der Waals surface area contributed by atoms with E-state index in [-0.39, 0.29) is 5.41 Å². The Balaban J connectivity index is 1.35. The third-order valence-corrected chi connectivity index (χ3v) is 11.5. The van der Waals surface area contributed by atoms with E-state index in [4.69, 9.17) is 0 Å². The van der Waals surface area contributed by atoms with E-state index in [2.05, 4.69) is 34.6 Å². The van der Waals surface area contributed by atoms with Gasteiger partial charge in [0.15, 0.2) is 0 Å². The van der Waals surface area contributed by atoms with Crippen molar-refractivity contribution in [3.8, 4) is 0 Å². The SMILES string of the molecule is CC(C)CCC[C@H](C)[C@H]1CC[C@@H]2[C@@H]3CC(=O)[C@]45C[C@@H]4CC[C@]5(C)[C@H]3CC[C@@]21C. The zero-order valence-electron chi connectivity index (χ0n) is 19.2. The minimum Gasteiger partial charge on any atom is -0.299 e. The van der Waals surface area contributed by atoms with Crippen molar-refractivity contribution in [2.75, 3.05) is 0 Å². The van der Waals surface area contributed by atoms with Crippen molar-refractivity contribution in [3.63, 3.8) is 0 Å². The van der Waals surface area contributed by atoms with Crippen LogP contribution in [0.15, 0.2) is 0 Å². The smallest absolute Gasteiger partial charge is 0.140 e. The third-order valence-electron chi connectivity index (χ3n) is 11.5. The molecule has 9 atom stereocenters. The molecule has 5 aliphatic carbocycles. The van der Waals surface area contributed by atoms with E-state index in [9.17, 15) is 4.79 Å². The Labute approximate surface area is 173 Å². The molecule has 0 aromatic carbocycles. The van der Waals surface area contributed by atoms with Crippen LogP contribution in [0.1, 0.15) is 105 Å². The number of rotatable bonds is 5. The zero-order chi connectivity index (χ0) is 19.9. The molecule has 5 fully saturated rings. The first kappa shape index (κ1) is 19.6. The summed E-state index contributed by atoms with van der Waals surface area (Å²) in [5.41, 5.74) is 1.03. The Morgan fingerprint density at radius 3 is 2.46 bits per heavy atom. The van der Waals surface area contributed by atoms with Gasteiger partial charge in [0.2, 0.25) is 0 Å². The molecule has 28 heavy (non-hydrogen) atoms. The van der Waals surface area contributed by atoms with E-state index in [1.807, 2.05) is 0 Å². The summed E-state index contributed by atoms with van der Waals surface area (Å²) >= 11 is 0. The average Bonchev–Trinajstić information content (AvgIpc) is 3.15. The van der Waals surface area contributed by atoms with Gasteiger partial charge in [-0.25, -0.2) is 0 Å². The van der Waals surface area contributed by atoms with Crippen molar-refractivity contribution < 1.29 is 4.79 Å². The standard InChI is InChI=1S/C27H44O/c1-17(2)7-6-8-18(3)21-9-10-22-20-15-24(28)27-16-19(27)11-14-26(27,5)23(20)12-13-25(21,22)4/h17-23H,6-16H2,1-5H3/t18-,19-,20-,21+,22+,23-,25+,26+,27-/m0/s1. The number of ketones is 1. The fourth-order valence-corrected chi connectivity index (χ4v) is 10.0. The van der Waals surface area contributed by atoms with E-state index in [0.29, 0.717) is 22.5 Å². The van der Waals surface area contributed by atoms with Gasteiger partial charge in [0.1, 0.15) is 5.78 Å². The number of Topliss-reactive ketones (excluding diaryl/α,β-unsaturated/α-hetero) is 1. The highest BCUT2D eigenvalue weighted by Gasteiger charge is 2.77. The van der Waals surface area contributed by atoms with Crippen molar-refractivity contribution in [2.45, 2.75) is 105 Å². The molecule has 1 heteroatoms. The van der Waals surface area contributed by atoms with Gasteiger partial charge in [-0.2, -0.15) is 0 Å². The van der Waals surface area contributed by atoms with Gasteiger partial charge in [-0.15, -0.1) is 0 Å². The second-order valence-electron chi connectivity index (χ2n) is 12.9. The summed E-state index contributed by atoms with van der Waals surface area (Å²) < 4.78 is 0. The molecule has 0 saturated heterocycles. The van der Waals surface area contributed by atoms with Crippen LogP contribution < -0.4 is 0 Å². The van der Waals surface area contributed by atoms with Crippen LogP contribution in [0, 0.1) is 57.7 Å². The van der Waals surface area contributed by atoms with E-state index in [1.165, 1.54) is 64.2 Å². The summed E-state index contributed by atoms with van der Waals surface area (Å²) in [6.45, 7) is 12.5. The van der Waals surface area contributed by atoms with Crippen LogP contribution in [0.4, 0.5) is 0 Å². The third kappa shape index (κ3) is 2.40. The highest BCUT2D eigenvalue weighted by atomic mass is 16.1. The van der Waals surface area contributed by atoms with Gasteiger partial charge >= 0.3 is 0 Å². The van der Waals surface area contributed by atoms with E-state index < -0.39 is 0 Å². The average molecular weight is 385 g/mol. The number of fused-ring (bicyclic) bond motifs is 4. The molecule has 0 aliphatic heterocycles. The molecule has 0 aromatic heterocycles. The van der Waals surface area contributed by atoms with Crippen LogP contribution >= 0.6 is 0 Å². The monoisotopic (exact) mass is 384 g/mol. The Hall–Kier alpha value is -0.330. The van der Waals surface area contributed by atoms with Gasteiger partial charge in [-0.1, -0.05) is 53.9 Å². The molecule has 1 nitrogen and oxygen atoms in total. The molecule has 0 N–H and O–H groups in total. The van der Waals surface area contributed by atoms with E-state index in [0.717, 1.165) is 41.9 Å². The predicted octanol–water partition coefficient (Wildman–Crippen LogP) is 7.29. The lowest BCUT2D eigenvalue weighted by Gasteiger charge is -2.58. The predicted molar refractivity (Wildman–Crippen MR) is 116 cm³/mol. The second kappa shape index (κ2) is 6.34. The Morgan fingerprint density at radius 1 is 0.964 bits per heavy atom. The summed E-state index contributed by atoms with van der Waals surface area (Å²) in [6.07, 6.45) is 14.8. The molecule has 5 saturated carbocycles. The molecule has 5 aliphatic rings. The van der Waals surface area contributed by atoms with Gasteiger partial charge in [0.25, 0.3) is 0 Å². The summed E-state index contributed by atoms with van der Waals surface area (Å²) in [5, 5.41) is 0. The number of carbonyl (C=O) groups excluding carboxylic acids is 1. The lowest BCUT2D eigenvalue weighted by Crippen LogP contribution is -2.55. The molecular formula is C27H44O. The molecule has 0 bridgehead atoms. The molecule has 0 radical (unpaired) electrons. The molecule has 158 valence electrons. The molecule has 0 amide bonds. The lowest BCUT2D eigenvalue weighted by atomic mass is 9.45. The topological polar surface area (TPSA) is 17.1 Å². The van der Waals surface area contributed by atoms with Gasteiger partial charge < -0.3 is 0 Å². The fourth-order valence-electron chi connectivity index (χ4n) is 10.0. The minimum absolute atomic E-state index is 0.157. The Morgan fingerprint density at radius 2 is 1.75 bits per heavy atom. The zero-order valence-corrected chi connectivity index (χ0v) is 19.2. The Kier molecular flexibility index (Phi) is 4.44. The molecular weight excluding hydrogens is 340 g/mol. The maximum atomic E-state index is 13.4. The minimum atomic E-state index is 0.157. The number of hydrogen-bond acceptors (Lipinski definition) is 1. The summed E-state index contributed by atoms with van der Waals surface area (Å²) in [4.78, 5) is 13.4. The first-order chi connectivity index (χ1) is 13.2. The summed E-state index contributed by atoms with van der Waals surface area (Å²) in [7, 11) is 0. The molecule has 1 spiro atoms. The van der Waals surface area contributed by atoms with Crippen LogP contribution in [0.25, 0.3) is 0 Å². The Bertz CT molecular complexity index is 651. The molecule has 0 unspecified atom stereocenters. The summed E-state index contributed by atoms with van der Waals surface area (Å²) in [5.74, 6) is 6.49. The summed E-state index contributed by atoms with van der Waals surface area (Å²) in [6, 6.07) is 0. The number of hydrogen-bond donors (Lipinski definition) is 0. The van der Waals surface area contributed by atoms with Crippen molar-refractivity contribution in [2.24, 2.45) is 57.7 Å². The highest BCUT2D eigenvalue weighted by molar-refractivity contribution is 5.91. The van der Waals surface area contributed by atoms with Gasteiger partial charge in [-0.3, -0.25) is 4.79 Å². The largest absolute Gasteiger partial charge is 0.299 e.